The van der Waals surface area contributed by atoms with Gasteiger partial charge in [-0.05, 0) is 63.2 Å². The standard InChI is InChI=1S/C18H18Br2N6O2/c1-21-5-6-22-17(27)10-26-9-11-7-15(12(19)8-14(11)25-26)24-18(28)13-3-2-4-16(20)23-13/h2-4,7-9,21H,5-6,10H2,1H3,(H,22,27)(H,24,28). The van der Waals surface area contributed by atoms with Crippen LogP contribution in [0.5, 0.6) is 0 Å². The minimum atomic E-state index is -0.322. The molecule has 0 spiro atoms. The molecule has 0 aliphatic rings. The van der Waals surface area contributed by atoms with Crippen LogP contribution in [0, 0.1) is 0 Å². The average Bonchev–Trinajstić information content (AvgIpc) is 3.03. The summed E-state index contributed by atoms with van der Waals surface area (Å²) in [4.78, 5) is 28.5. The number of amides is 2. The van der Waals surface area contributed by atoms with E-state index in [1.54, 1.807) is 41.2 Å². The van der Waals surface area contributed by atoms with E-state index in [0.29, 0.717) is 39.1 Å². The summed E-state index contributed by atoms with van der Waals surface area (Å²) in [7, 11) is 1.83. The Kier molecular flexibility index (Phi) is 6.76. The number of halogens is 2. The van der Waals surface area contributed by atoms with Crippen LogP contribution < -0.4 is 16.0 Å². The number of hydrogen-bond acceptors (Lipinski definition) is 5. The molecule has 2 heterocycles. The molecule has 3 N–H and O–H groups in total. The summed E-state index contributed by atoms with van der Waals surface area (Å²) in [5.41, 5.74) is 1.61. The van der Waals surface area contributed by atoms with Crippen molar-refractivity contribution in [2.24, 2.45) is 0 Å². The monoisotopic (exact) mass is 508 g/mol. The molecule has 0 atom stereocenters. The lowest BCUT2D eigenvalue weighted by Crippen LogP contribution is -2.33. The van der Waals surface area contributed by atoms with Gasteiger partial charge < -0.3 is 16.0 Å². The highest BCUT2D eigenvalue weighted by molar-refractivity contribution is 9.10. The van der Waals surface area contributed by atoms with Crippen molar-refractivity contribution in [1.29, 1.82) is 0 Å². The molecule has 0 aliphatic heterocycles. The van der Waals surface area contributed by atoms with E-state index in [1.807, 2.05) is 7.05 Å². The van der Waals surface area contributed by atoms with Gasteiger partial charge in [0.1, 0.15) is 16.8 Å². The van der Waals surface area contributed by atoms with Gasteiger partial charge in [-0.2, -0.15) is 5.10 Å². The first-order valence-electron chi connectivity index (χ1n) is 8.48. The summed E-state index contributed by atoms with van der Waals surface area (Å²) >= 11 is 6.71. The van der Waals surface area contributed by atoms with Crippen LogP contribution in [0.1, 0.15) is 10.5 Å². The predicted molar refractivity (Wildman–Crippen MR) is 114 cm³/mol. The van der Waals surface area contributed by atoms with Crippen LogP contribution in [0.15, 0.2) is 45.6 Å². The van der Waals surface area contributed by atoms with Crippen LogP contribution in [0.3, 0.4) is 0 Å². The van der Waals surface area contributed by atoms with E-state index in [4.69, 9.17) is 0 Å². The van der Waals surface area contributed by atoms with E-state index in [1.165, 1.54) is 0 Å². The Morgan fingerprint density at radius 3 is 2.75 bits per heavy atom. The number of carbonyl (C=O) groups is 2. The van der Waals surface area contributed by atoms with Gasteiger partial charge in [-0.15, -0.1) is 0 Å². The zero-order chi connectivity index (χ0) is 20.1. The molecule has 0 radical (unpaired) electrons. The van der Waals surface area contributed by atoms with Crippen LogP contribution in [-0.2, 0) is 11.3 Å². The first kappa shape index (κ1) is 20.4. The van der Waals surface area contributed by atoms with Crippen molar-refractivity contribution in [2.75, 3.05) is 25.5 Å². The third kappa shape index (κ3) is 5.15. The van der Waals surface area contributed by atoms with Gasteiger partial charge in [-0.25, -0.2) is 4.98 Å². The fourth-order valence-corrected chi connectivity index (χ4v) is 3.30. The number of carbonyl (C=O) groups excluding carboxylic acids is 2. The number of fused-ring (bicyclic) bond motifs is 1. The molecule has 2 amide bonds. The van der Waals surface area contributed by atoms with E-state index in [2.05, 4.69) is 57.9 Å². The van der Waals surface area contributed by atoms with Crippen LogP contribution in [0.2, 0.25) is 0 Å². The Labute approximate surface area is 178 Å². The van der Waals surface area contributed by atoms with Gasteiger partial charge in [0.05, 0.1) is 11.2 Å². The quantitative estimate of drug-likeness (QED) is 0.335. The zero-order valence-electron chi connectivity index (χ0n) is 15.0. The largest absolute Gasteiger partial charge is 0.353 e. The normalized spacial score (nSPS) is 10.8. The van der Waals surface area contributed by atoms with Gasteiger partial charge >= 0.3 is 0 Å². The van der Waals surface area contributed by atoms with Crippen molar-refractivity contribution >= 4 is 60.3 Å². The Bertz CT molecular complexity index is 1020. The molecule has 3 aromatic rings. The number of anilines is 1. The highest BCUT2D eigenvalue weighted by Crippen LogP contribution is 2.28. The lowest BCUT2D eigenvalue weighted by atomic mass is 10.2. The van der Waals surface area contributed by atoms with Crippen LogP contribution in [0.25, 0.3) is 10.9 Å². The van der Waals surface area contributed by atoms with Crippen molar-refractivity contribution in [3.8, 4) is 0 Å². The van der Waals surface area contributed by atoms with Gasteiger partial charge in [-0.1, -0.05) is 6.07 Å². The second kappa shape index (κ2) is 9.26. The molecule has 28 heavy (non-hydrogen) atoms. The third-order valence-corrected chi connectivity index (χ3v) is 4.94. The van der Waals surface area contributed by atoms with Crippen molar-refractivity contribution in [2.45, 2.75) is 6.54 Å². The molecule has 8 nitrogen and oxygen atoms in total. The maximum atomic E-state index is 12.4. The Morgan fingerprint density at radius 2 is 2.00 bits per heavy atom. The summed E-state index contributed by atoms with van der Waals surface area (Å²) in [5.74, 6) is -0.436. The Balaban J connectivity index is 1.75. The lowest BCUT2D eigenvalue weighted by Gasteiger charge is -2.07. The number of aromatic nitrogens is 3. The maximum absolute atomic E-state index is 12.4. The fourth-order valence-electron chi connectivity index (χ4n) is 2.53. The molecule has 0 fully saturated rings. The number of likely N-dealkylation sites (N-methyl/N-ethyl adjacent to an activating group) is 1. The predicted octanol–water partition coefficient (Wildman–Crippen LogP) is 2.54. The molecule has 1 aromatic carbocycles. The van der Waals surface area contributed by atoms with E-state index in [9.17, 15) is 9.59 Å². The van der Waals surface area contributed by atoms with Gasteiger partial charge in [0.15, 0.2) is 0 Å². The second-order valence-corrected chi connectivity index (χ2v) is 7.64. The lowest BCUT2D eigenvalue weighted by molar-refractivity contribution is -0.121. The van der Waals surface area contributed by atoms with Gasteiger partial charge in [0.25, 0.3) is 5.91 Å². The summed E-state index contributed by atoms with van der Waals surface area (Å²) in [6, 6.07) is 8.74. The molecule has 0 bridgehead atoms. The number of nitrogens with zero attached hydrogens (tertiary/aromatic N) is 3. The van der Waals surface area contributed by atoms with Gasteiger partial charge in [-0.3, -0.25) is 14.3 Å². The smallest absolute Gasteiger partial charge is 0.274 e. The van der Waals surface area contributed by atoms with E-state index >= 15 is 0 Å². The van der Waals surface area contributed by atoms with Crippen molar-refractivity contribution < 1.29 is 9.59 Å². The SMILES string of the molecule is CNCCNC(=O)Cn1cc2cc(NC(=O)c3cccc(Br)n3)c(Br)cc2n1. The molecule has 3 rings (SSSR count). The molecular formula is C18H18Br2N6O2. The van der Waals surface area contributed by atoms with Gasteiger partial charge in [0, 0.05) is 29.1 Å². The number of benzene rings is 1. The maximum Gasteiger partial charge on any atom is 0.274 e. The molecule has 10 heteroatoms. The minimum Gasteiger partial charge on any atom is -0.353 e. The first-order valence-corrected chi connectivity index (χ1v) is 10.1. The minimum absolute atomic E-state index is 0.114. The molecule has 0 unspecified atom stereocenters. The molecule has 2 aromatic heterocycles. The van der Waals surface area contributed by atoms with Gasteiger partial charge in [0.2, 0.25) is 5.91 Å². The van der Waals surface area contributed by atoms with Crippen molar-refractivity contribution in [1.82, 2.24) is 25.4 Å². The number of nitrogens with one attached hydrogen (secondary N) is 3. The zero-order valence-corrected chi connectivity index (χ0v) is 18.2. The average molecular weight is 510 g/mol. The third-order valence-electron chi connectivity index (χ3n) is 3.84. The topological polar surface area (TPSA) is 101 Å². The number of rotatable bonds is 7. The van der Waals surface area contributed by atoms with E-state index in [0.717, 1.165) is 5.39 Å². The molecule has 0 saturated carbocycles. The van der Waals surface area contributed by atoms with Crippen molar-refractivity contribution in [3.05, 3.63) is 51.3 Å². The Morgan fingerprint density at radius 1 is 1.18 bits per heavy atom. The molecule has 0 aliphatic carbocycles. The molecular weight excluding hydrogens is 492 g/mol. The van der Waals surface area contributed by atoms with E-state index in [-0.39, 0.29) is 18.4 Å². The second-order valence-electron chi connectivity index (χ2n) is 5.97. The summed E-state index contributed by atoms with van der Waals surface area (Å²) in [6.45, 7) is 1.39. The number of hydrogen-bond donors (Lipinski definition) is 3. The fraction of sp³-hybridized carbons (Fsp3) is 0.222. The van der Waals surface area contributed by atoms with Crippen LogP contribution in [0.4, 0.5) is 5.69 Å². The van der Waals surface area contributed by atoms with Crippen LogP contribution >= 0.6 is 31.9 Å². The Hall–Kier alpha value is -2.30. The highest BCUT2D eigenvalue weighted by atomic mass is 79.9. The summed E-state index contributed by atoms with van der Waals surface area (Å²) in [5, 5.41) is 13.8. The van der Waals surface area contributed by atoms with E-state index < -0.39 is 0 Å². The molecule has 0 saturated heterocycles. The summed E-state index contributed by atoms with van der Waals surface area (Å²) in [6.07, 6.45) is 1.77. The first-order chi connectivity index (χ1) is 13.5. The van der Waals surface area contributed by atoms with Crippen molar-refractivity contribution in [3.63, 3.8) is 0 Å². The van der Waals surface area contributed by atoms with Crippen LogP contribution in [-0.4, -0.2) is 46.7 Å². The highest BCUT2D eigenvalue weighted by Gasteiger charge is 2.13. The summed E-state index contributed by atoms with van der Waals surface area (Å²) < 4.78 is 2.85. The molecule has 146 valence electrons. The number of pyridine rings is 1.